The van der Waals surface area contributed by atoms with E-state index in [0.29, 0.717) is 55.8 Å². The summed E-state index contributed by atoms with van der Waals surface area (Å²) in [6.45, 7) is 1.72. The molecule has 2 fully saturated rings. The van der Waals surface area contributed by atoms with E-state index in [-0.39, 0.29) is 36.2 Å². The Kier molecular flexibility index (Phi) is 12.0. The highest BCUT2D eigenvalue weighted by molar-refractivity contribution is 7.88. The number of anilines is 1. The molecule has 4 aromatic rings. The summed E-state index contributed by atoms with van der Waals surface area (Å²) in [4.78, 5) is 59.9. The fourth-order valence-corrected chi connectivity index (χ4v) is 7.71. The first kappa shape index (κ1) is 38.8. The van der Waals surface area contributed by atoms with Crippen molar-refractivity contribution >= 4 is 45.4 Å². The third-order valence-electron chi connectivity index (χ3n) is 9.79. The van der Waals surface area contributed by atoms with Gasteiger partial charge in [0.05, 0.1) is 11.8 Å². The van der Waals surface area contributed by atoms with Crippen LogP contribution in [0.2, 0.25) is 0 Å². The molecule has 0 aliphatic carbocycles. The lowest BCUT2D eigenvalue weighted by molar-refractivity contribution is -0.119. The van der Waals surface area contributed by atoms with Gasteiger partial charge in [0.1, 0.15) is 18.5 Å². The summed E-state index contributed by atoms with van der Waals surface area (Å²) in [5.74, 6) is -2.03. The van der Waals surface area contributed by atoms with Gasteiger partial charge < -0.3 is 25.8 Å². The Morgan fingerprint density at radius 1 is 0.855 bits per heavy atom. The molecule has 2 saturated heterocycles. The largest absolute Gasteiger partial charge is 0.478 e. The molecule has 6 rings (SSSR count). The Bertz CT molecular complexity index is 2170. The van der Waals surface area contributed by atoms with Gasteiger partial charge in [-0.1, -0.05) is 72.8 Å². The first-order valence-electron chi connectivity index (χ1n) is 17.7. The van der Waals surface area contributed by atoms with Crippen molar-refractivity contribution in [3.63, 3.8) is 0 Å². The van der Waals surface area contributed by atoms with Crippen LogP contribution in [0.15, 0.2) is 108 Å². The van der Waals surface area contributed by atoms with Crippen LogP contribution in [-0.2, 0) is 32.6 Å². The summed E-state index contributed by atoms with van der Waals surface area (Å²) in [7, 11) is -3.36. The number of sulfonamides is 1. The van der Waals surface area contributed by atoms with Crippen molar-refractivity contribution in [2.45, 2.75) is 31.5 Å². The highest BCUT2D eigenvalue weighted by Gasteiger charge is 2.43. The minimum atomic E-state index is -3.36. The molecule has 55 heavy (non-hydrogen) atoms. The quantitative estimate of drug-likeness (QED) is 0.149. The molecule has 14 nitrogen and oxygen atoms in total. The van der Waals surface area contributed by atoms with Crippen LogP contribution in [0.3, 0.4) is 0 Å². The van der Waals surface area contributed by atoms with Gasteiger partial charge in [0.25, 0.3) is 5.91 Å². The van der Waals surface area contributed by atoms with Gasteiger partial charge in [0.2, 0.25) is 15.9 Å². The number of rotatable bonds is 11. The molecular formula is C40H42N6O8S. The molecule has 286 valence electrons. The fraction of sp³-hybridized carbons (Fsp3) is 0.275. The monoisotopic (exact) mass is 766 g/mol. The van der Waals surface area contributed by atoms with Crippen molar-refractivity contribution in [2.75, 3.05) is 44.3 Å². The third kappa shape index (κ3) is 9.81. The molecule has 3 amide bonds. The highest BCUT2D eigenvalue weighted by Crippen LogP contribution is 2.28. The fourth-order valence-electron chi connectivity index (χ4n) is 6.88. The molecule has 2 aliphatic heterocycles. The van der Waals surface area contributed by atoms with E-state index in [1.165, 1.54) is 27.6 Å². The normalized spacial score (nSPS) is 18.1. The first-order valence-corrected chi connectivity index (χ1v) is 19.6. The lowest BCUT2D eigenvalue weighted by Crippen LogP contribution is -2.52. The van der Waals surface area contributed by atoms with E-state index in [4.69, 9.17) is 10.5 Å². The van der Waals surface area contributed by atoms with Crippen LogP contribution in [-0.4, -0.2) is 108 Å². The van der Waals surface area contributed by atoms with Crippen molar-refractivity contribution in [1.29, 1.82) is 0 Å². The van der Waals surface area contributed by atoms with Crippen LogP contribution >= 0.6 is 0 Å². The summed E-state index contributed by atoms with van der Waals surface area (Å²) in [5.41, 5.74) is 9.48. The van der Waals surface area contributed by atoms with E-state index >= 15 is 0 Å². The number of carboxylic acids is 1. The number of hydrogen-bond acceptors (Lipinski definition) is 8. The maximum atomic E-state index is 14.1. The van der Waals surface area contributed by atoms with Gasteiger partial charge in [-0.15, -0.1) is 0 Å². The van der Waals surface area contributed by atoms with Gasteiger partial charge in [0.15, 0.2) is 0 Å². The summed E-state index contributed by atoms with van der Waals surface area (Å²) in [6, 6.07) is 28.2. The van der Waals surface area contributed by atoms with Crippen LogP contribution in [0.5, 0.6) is 0 Å². The molecule has 0 aromatic heterocycles. The Hall–Kier alpha value is -5.90. The predicted molar refractivity (Wildman–Crippen MR) is 206 cm³/mol. The number of benzene rings is 4. The van der Waals surface area contributed by atoms with Crippen molar-refractivity contribution in [1.82, 2.24) is 14.1 Å². The minimum Gasteiger partial charge on any atom is -0.478 e. The summed E-state index contributed by atoms with van der Waals surface area (Å²) in [6.07, 6.45) is 0.946. The van der Waals surface area contributed by atoms with E-state index < -0.39 is 39.9 Å². The third-order valence-corrected chi connectivity index (χ3v) is 11.1. The zero-order valence-electron chi connectivity index (χ0n) is 30.2. The second-order valence-corrected chi connectivity index (χ2v) is 15.5. The van der Waals surface area contributed by atoms with Gasteiger partial charge in [-0.25, -0.2) is 18.0 Å². The number of carbonyl (C=O) groups excluding carboxylic acids is 3. The van der Waals surface area contributed by atoms with Crippen molar-refractivity contribution in [3.8, 4) is 0 Å². The van der Waals surface area contributed by atoms with Gasteiger partial charge >= 0.3 is 12.1 Å². The molecule has 0 unspecified atom stereocenters. The number of aromatic carboxylic acids is 1. The number of amidine groups is 1. The number of nitrogens with two attached hydrogens (primary N) is 1. The summed E-state index contributed by atoms with van der Waals surface area (Å²) in [5, 5.41) is 12.8. The average Bonchev–Trinajstić information content (AvgIpc) is 3.63. The van der Waals surface area contributed by atoms with Crippen LogP contribution < -0.4 is 11.1 Å². The molecule has 4 aromatic carbocycles. The number of carbonyl (C=O) groups is 4. The van der Waals surface area contributed by atoms with Crippen LogP contribution in [0.25, 0.3) is 0 Å². The van der Waals surface area contributed by atoms with E-state index in [9.17, 15) is 32.7 Å². The molecule has 2 heterocycles. The Balaban J connectivity index is 1.19. The molecule has 2 atom stereocenters. The molecule has 0 radical (unpaired) electrons. The maximum Gasteiger partial charge on any atom is 0.435 e. The number of piperazine rings is 1. The van der Waals surface area contributed by atoms with Gasteiger partial charge in [-0.2, -0.15) is 9.30 Å². The lowest BCUT2D eigenvalue weighted by atomic mass is 9.99. The molecule has 0 bridgehead atoms. The first-order chi connectivity index (χ1) is 26.4. The Morgan fingerprint density at radius 3 is 2.09 bits per heavy atom. The molecule has 4 N–H and O–H groups in total. The van der Waals surface area contributed by atoms with Crippen molar-refractivity contribution in [2.24, 2.45) is 10.7 Å². The van der Waals surface area contributed by atoms with Gasteiger partial charge in [-0.3, -0.25) is 14.5 Å². The second-order valence-electron chi connectivity index (χ2n) is 13.5. The van der Waals surface area contributed by atoms with E-state index in [1.54, 1.807) is 30.3 Å². The Labute approximate surface area is 319 Å². The predicted octanol–water partition coefficient (Wildman–Crippen LogP) is 3.82. The number of ether oxygens (including phenoxy) is 1. The van der Waals surface area contributed by atoms with Crippen molar-refractivity contribution < 1.29 is 37.4 Å². The standard InChI is InChI=1S/C40H42N6O8S/c1-55(52,53)45-20-18-44(19-21-45)33-24-35(37(47)42-32-16-17-34(39(49)50)31(23-32)22-27-8-4-2-5-9-27)46(25-33)38(48)30-14-12-29(13-15-30)36(41)43-40(51)54-26-28-10-6-3-7-11-28/h2-17,23,33,35H,18-22,24-26H2,1H3,(H,42,47)(H,49,50)(H2,41,43,51)/t33-,35-/m0/s1. The smallest absolute Gasteiger partial charge is 0.435 e. The number of nitrogens with zero attached hydrogens (tertiary/aromatic N) is 4. The lowest BCUT2D eigenvalue weighted by Gasteiger charge is -2.36. The summed E-state index contributed by atoms with van der Waals surface area (Å²) >= 11 is 0. The van der Waals surface area contributed by atoms with Crippen LogP contribution in [0.1, 0.15) is 49.4 Å². The zero-order chi connectivity index (χ0) is 39.1. The Morgan fingerprint density at radius 2 is 1.47 bits per heavy atom. The average molecular weight is 767 g/mol. The highest BCUT2D eigenvalue weighted by atomic mass is 32.2. The number of hydrogen-bond donors (Lipinski definition) is 3. The SMILES string of the molecule is CS(=O)(=O)N1CCN([C@H]2C[C@@H](C(=O)Nc3ccc(C(=O)O)c(Cc4ccccc4)c3)N(C(=O)c3ccc(/C(N)=N\C(=O)OCc4ccccc4)cc3)C2)CC1. The second kappa shape index (κ2) is 17.1. The van der Waals surface area contributed by atoms with E-state index in [0.717, 1.165) is 11.1 Å². The number of likely N-dealkylation sites (tertiary alicyclic amines) is 1. The van der Waals surface area contributed by atoms with E-state index in [2.05, 4.69) is 15.2 Å². The van der Waals surface area contributed by atoms with E-state index in [1.807, 2.05) is 60.7 Å². The van der Waals surface area contributed by atoms with Crippen LogP contribution in [0.4, 0.5) is 10.5 Å². The van der Waals surface area contributed by atoms with Crippen molar-refractivity contribution in [3.05, 3.63) is 137 Å². The number of aliphatic imine (C=N–C) groups is 1. The maximum absolute atomic E-state index is 14.1. The molecule has 0 spiro atoms. The number of carboxylic acid groups (broad SMARTS) is 1. The number of amides is 3. The molecule has 2 aliphatic rings. The molecular weight excluding hydrogens is 725 g/mol. The zero-order valence-corrected chi connectivity index (χ0v) is 31.0. The summed E-state index contributed by atoms with van der Waals surface area (Å²) < 4.78 is 30.9. The molecule has 15 heteroatoms. The molecule has 0 saturated carbocycles. The topological polar surface area (TPSA) is 192 Å². The number of nitrogens with one attached hydrogen (secondary N) is 1. The van der Waals surface area contributed by atoms with Crippen LogP contribution in [0, 0.1) is 0 Å². The van der Waals surface area contributed by atoms with Gasteiger partial charge in [-0.05, 0) is 59.9 Å². The van der Waals surface area contributed by atoms with Gasteiger partial charge in [0, 0.05) is 55.6 Å². The minimum absolute atomic E-state index is 0.0331.